The number of benzene rings is 1. The lowest BCUT2D eigenvalue weighted by molar-refractivity contribution is -0.127. The van der Waals surface area contributed by atoms with E-state index in [1.807, 2.05) is 50.2 Å². The number of hydrogen-bond acceptors (Lipinski definition) is 3. The third-order valence-corrected chi connectivity index (χ3v) is 5.10. The summed E-state index contributed by atoms with van der Waals surface area (Å²) >= 11 is 0. The van der Waals surface area contributed by atoms with Gasteiger partial charge in [-0.3, -0.25) is 14.4 Å². The minimum atomic E-state index is -0.621. The summed E-state index contributed by atoms with van der Waals surface area (Å²) in [6.07, 6.45) is 0.422. The molecule has 0 radical (unpaired) electrons. The van der Waals surface area contributed by atoms with E-state index < -0.39 is 6.04 Å². The fourth-order valence-electron chi connectivity index (χ4n) is 3.72. The Balaban J connectivity index is 1.99. The Bertz CT molecular complexity index is 918. The van der Waals surface area contributed by atoms with Crippen LogP contribution >= 0.6 is 0 Å². The number of aryl methyl sites for hydroxylation is 2. The van der Waals surface area contributed by atoms with E-state index in [1.54, 1.807) is 16.4 Å². The van der Waals surface area contributed by atoms with Crippen LogP contribution in [0, 0.1) is 13.8 Å². The molecule has 142 valence electrons. The van der Waals surface area contributed by atoms with E-state index in [0.29, 0.717) is 31.6 Å². The molecular weight excluding hydrogens is 342 g/mol. The summed E-state index contributed by atoms with van der Waals surface area (Å²) in [5.41, 5.74) is 2.33. The molecule has 0 aliphatic carbocycles. The second-order valence-corrected chi connectivity index (χ2v) is 6.89. The number of nitrogens with zero attached hydrogens (tertiary/aromatic N) is 2. The Labute approximate surface area is 158 Å². The molecule has 1 aromatic heterocycles. The number of piperazine rings is 1. The highest BCUT2D eigenvalue weighted by molar-refractivity contribution is 5.99. The summed E-state index contributed by atoms with van der Waals surface area (Å²) in [5.74, 6) is -0.547. The first-order valence-electron chi connectivity index (χ1n) is 9.27. The molecule has 0 bridgehead atoms. The predicted molar refractivity (Wildman–Crippen MR) is 104 cm³/mol. The predicted octanol–water partition coefficient (Wildman–Crippen LogP) is 1.67. The van der Waals surface area contributed by atoms with Gasteiger partial charge in [0.1, 0.15) is 11.6 Å². The van der Waals surface area contributed by atoms with E-state index >= 15 is 0 Å². The van der Waals surface area contributed by atoms with Gasteiger partial charge in [-0.2, -0.15) is 0 Å². The van der Waals surface area contributed by atoms with Gasteiger partial charge in [-0.15, -0.1) is 0 Å². The van der Waals surface area contributed by atoms with Crippen LogP contribution in [0.25, 0.3) is 0 Å². The highest BCUT2D eigenvalue weighted by atomic mass is 16.2. The summed E-state index contributed by atoms with van der Waals surface area (Å²) in [5, 5.41) is 2.83. The van der Waals surface area contributed by atoms with Crippen molar-refractivity contribution in [2.75, 3.05) is 13.1 Å². The Hall–Kier alpha value is -2.89. The van der Waals surface area contributed by atoms with E-state index in [0.717, 1.165) is 11.3 Å². The van der Waals surface area contributed by atoms with Crippen LogP contribution in [0.2, 0.25) is 0 Å². The first kappa shape index (κ1) is 18.9. The second-order valence-electron chi connectivity index (χ2n) is 6.89. The third-order valence-electron chi connectivity index (χ3n) is 5.10. The number of pyridine rings is 1. The normalized spacial score (nSPS) is 16.9. The van der Waals surface area contributed by atoms with Crippen LogP contribution in [0.15, 0.2) is 41.2 Å². The first-order chi connectivity index (χ1) is 12.9. The monoisotopic (exact) mass is 367 g/mol. The number of rotatable bonds is 4. The Kier molecular flexibility index (Phi) is 5.44. The molecule has 2 heterocycles. The smallest absolute Gasteiger partial charge is 0.263 e. The maximum absolute atomic E-state index is 13.3. The van der Waals surface area contributed by atoms with Crippen LogP contribution in [-0.2, 0) is 17.8 Å². The molecule has 3 rings (SSSR count). The van der Waals surface area contributed by atoms with Crippen molar-refractivity contribution in [3.8, 4) is 0 Å². The van der Waals surface area contributed by atoms with Crippen molar-refractivity contribution in [1.82, 2.24) is 14.8 Å². The van der Waals surface area contributed by atoms with Crippen LogP contribution in [0.3, 0.4) is 0 Å². The van der Waals surface area contributed by atoms with Crippen LogP contribution in [0.5, 0.6) is 0 Å². The van der Waals surface area contributed by atoms with Gasteiger partial charge in [0.25, 0.3) is 11.5 Å². The van der Waals surface area contributed by atoms with Gasteiger partial charge in [-0.05, 0) is 38.0 Å². The minimum Gasteiger partial charge on any atom is -0.353 e. The van der Waals surface area contributed by atoms with Gasteiger partial charge in [0.05, 0.1) is 0 Å². The first-order valence-corrected chi connectivity index (χ1v) is 9.27. The zero-order chi connectivity index (χ0) is 19.6. The average Bonchev–Trinajstić information content (AvgIpc) is 2.64. The Morgan fingerprint density at radius 3 is 2.56 bits per heavy atom. The van der Waals surface area contributed by atoms with Gasteiger partial charge in [0, 0.05) is 31.7 Å². The molecule has 1 aliphatic rings. The molecule has 2 aromatic rings. The SMILES string of the molecule is CCn1c(C)cc(C)c(C(=O)N2CCNC(=O)[C@H]2Cc2ccccc2)c1=O. The lowest BCUT2D eigenvalue weighted by atomic mass is 10.00. The van der Waals surface area contributed by atoms with E-state index in [2.05, 4.69) is 5.32 Å². The van der Waals surface area contributed by atoms with Crippen LogP contribution in [-0.4, -0.2) is 40.4 Å². The molecule has 0 spiro atoms. The molecule has 0 saturated carbocycles. The molecule has 1 aromatic carbocycles. The zero-order valence-corrected chi connectivity index (χ0v) is 16.0. The fraction of sp³-hybridized carbons (Fsp3) is 0.381. The van der Waals surface area contributed by atoms with E-state index in [4.69, 9.17) is 0 Å². The summed E-state index contributed by atoms with van der Waals surface area (Å²) in [4.78, 5) is 40.2. The summed E-state index contributed by atoms with van der Waals surface area (Å²) in [6, 6.07) is 10.8. The minimum absolute atomic E-state index is 0.162. The maximum Gasteiger partial charge on any atom is 0.263 e. The number of nitrogens with one attached hydrogen (secondary N) is 1. The molecular formula is C21H25N3O3. The zero-order valence-electron chi connectivity index (χ0n) is 16.0. The van der Waals surface area contributed by atoms with Gasteiger partial charge >= 0.3 is 0 Å². The molecule has 1 aliphatic heterocycles. The fourth-order valence-corrected chi connectivity index (χ4v) is 3.72. The van der Waals surface area contributed by atoms with E-state index in [1.165, 1.54) is 0 Å². The number of amides is 2. The van der Waals surface area contributed by atoms with Crippen LogP contribution in [0.1, 0.15) is 34.1 Å². The highest BCUT2D eigenvalue weighted by Crippen LogP contribution is 2.17. The molecule has 1 N–H and O–H groups in total. The summed E-state index contributed by atoms with van der Waals surface area (Å²) in [6.45, 7) is 6.80. The standard InChI is InChI=1S/C21H25N3O3/c1-4-23-15(3)12-14(2)18(20(23)26)21(27)24-11-10-22-19(25)17(24)13-16-8-6-5-7-9-16/h5-9,12,17H,4,10-11,13H2,1-3H3,(H,22,25)/t17-/m1/s1. The van der Waals surface area contributed by atoms with Gasteiger partial charge in [0.15, 0.2) is 0 Å². The molecule has 1 fully saturated rings. The molecule has 6 nitrogen and oxygen atoms in total. The number of aromatic nitrogens is 1. The number of hydrogen-bond donors (Lipinski definition) is 1. The van der Waals surface area contributed by atoms with E-state index in [-0.39, 0.29) is 22.9 Å². The van der Waals surface area contributed by atoms with Crippen molar-refractivity contribution in [3.05, 3.63) is 69.1 Å². The average molecular weight is 367 g/mol. The second kappa shape index (κ2) is 7.78. The maximum atomic E-state index is 13.3. The molecule has 0 unspecified atom stereocenters. The Morgan fingerprint density at radius 2 is 1.89 bits per heavy atom. The molecule has 2 amide bonds. The van der Waals surface area contributed by atoms with Crippen molar-refractivity contribution >= 4 is 11.8 Å². The summed E-state index contributed by atoms with van der Waals surface area (Å²) in [7, 11) is 0. The molecule has 6 heteroatoms. The summed E-state index contributed by atoms with van der Waals surface area (Å²) < 4.78 is 1.59. The molecule has 27 heavy (non-hydrogen) atoms. The van der Waals surface area contributed by atoms with Crippen molar-refractivity contribution in [2.24, 2.45) is 0 Å². The Morgan fingerprint density at radius 1 is 1.19 bits per heavy atom. The lowest BCUT2D eigenvalue weighted by Gasteiger charge is -2.35. The van der Waals surface area contributed by atoms with E-state index in [9.17, 15) is 14.4 Å². The topological polar surface area (TPSA) is 71.4 Å². The number of carbonyl (C=O) groups is 2. The van der Waals surface area contributed by atoms with Crippen molar-refractivity contribution in [3.63, 3.8) is 0 Å². The van der Waals surface area contributed by atoms with Gasteiger partial charge in [-0.1, -0.05) is 30.3 Å². The van der Waals surface area contributed by atoms with Crippen molar-refractivity contribution in [1.29, 1.82) is 0 Å². The van der Waals surface area contributed by atoms with Gasteiger partial charge < -0.3 is 14.8 Å². The third kappa shape index (κ3) is 3.65. The molecule has 1 atom stereocenters. The van der Waals surface area contributed by atoms with Crippen LogP contribution < -0.4 is 10.9 Å². The van der Waals surface area contributed by atoms with Crippen molar-refractivity contribution < 1.29 is 9.59 Å². The van der Waals surface area contributed by atoms with Gasteiger partial charge in [-0.25, -0.2) is 0 Å². The number of carbonyl (C=O) groups excluding carboxylic acids is 2. The largest absolute Gasteiger partial charge is 0.353 e. The van der Waals surface area contributed by atoms with Crippen molar-refractivity contribution in [2.45, 2.75) is 39.8 Å². The lowest BCUT2D eigenvalue weighted by Crippen LogP contribution is -2.58. The molecule has 1 saturated heterocycles. The highest BCUT2D eigenvalue weighted by Gasteiger charge is 2.35. The van der Waals surface area contributed by atoms with Gasteiger partial charge in [0.2, 0.25) is 5.91 Å². The van der Waals surface area contributed by atoms with Crippen LogP contribution in [0.4, 0.5) is 0 Å². The quantitative estimate of drug-likeness (QED) is 0.894.